The van der Waals surface area contributed by atoms with Crippen molar-refractivity contribution >= 4 is 22.9 Å². The molecule has 0 bridgehead atoms. The fourth-order valence-electron chi connectivity index (χ4n) is 2.97. The molecule has 2 aromatic heterocycles. The van der Waals surface area contributed by atoms with E-state index in [0.717, 1.165) is 46.2 Å². The van der Waals surface area contributed by atoms with E-state index in [1.54, 1.807) is 11.3 Å². The Kier molecular flexibility index (Phi) is 3.86. The maximum atomic E-state index is 12.6. The number of thiazole rings is 1. The number of carbonyl (C=O) groups excluding carboxylic acids is 1. The Morgan fingerprint density at radius 3 is 3.04 bits per heavy atom. The number of fused-ring (bicyclic) bond motifs is 1. The number of aryl methyl sites for hydroxylation is 2. The lowest BCUT2D eigenvalue weighted by molar-refractivity contribution is -0.120. The Hall–Kier alpha value is -2.54. The highest BCUT2D eigenvalue weighted by Crippen LogP contribution is 2.27. The average Bonchev–Trinajstić information content (AvgIpc) is 3.23. The molecular formula is C17H17N5OS. The molecule has 0 saturated carbocycles. The molecule has 0 aliphatic heterocycles. The number of carbonyl (C=O) groups is 1. The molecule has 2 N–H and O–H groups in total. The highest BCUT2D eigenvalue weighted by molar-refractivity contribution is 7.13. The number of nitrogens with zero attached hydrogens (tertiary/aromatic N) is 3. The van der Waals surface area contributed by atoms with Gasteiger partial charge in [-0.05, 0) is 31.9 Å². The quantitative estimate of drug-likeness (QED) is 0.768. The molecule has 1 aliphatic carbocycles. The molecular weight excluding hydrogens is 322 g/mol. The van der Waals surface area contributed by atoms with Crippen molar-refractivity contribution in [3.05, 3.63) is 46.7 Å². The number of nitrogens with one attached hydrogen (secondary N) is 2. The van der Waals surface area contributed by atoms with Crippen LogP contribution >= 0.6 is 11.3 Å². The molecule has 7 heteroatoms. The third kappa shape index (κ3) is 2.94. The molecule has 1 aromatic carbocycles. The number of anilines is 1. The van der Waals surface area contributed by atoms with Crippen LogP contribution in [0.4, 0.5) is 5.69 Å². The van der Waals surface area contributed by atoms with Gasteiger partial charge < -0.3 is 5.32 Å². The third-order valence-electron chi connectivity index (χ3n) is 4.24. The molecule has 0 fully saturated rings. The van der Waals surface area contributed by atoms with Gasteiger partial charge in [0.1, 0.15) is 5.01 Å². The van der Waals surface area contributed by atoms with Crippen molar-refractivity contribution < 1.29 is 4.79 Å². The molecule has 1 aliphatic rings. The molecule has 1 amide bonds. The van der Waals surface area contributed by atoms with E-state index in [1.807, 2.05) is 36.6 Å². The zero-order valence-corrected chi connectivity index (χ0v) is 14.1. The summed E-state index contributed by atoms with van der Waals surface area (Å²) in [5.41, 5.74) is 4.73. The van der Waals surface area contributed by atoms with Crippen molar-refractivity contribution in [1.82, 2.24) is 20.4 Å². The van der Waals surface area contributed by atoms with E-state index in [0.29, 0.717) is 6.42 Å². The summed E-state index contributed by atoms with van der Waals surface area (Å²) in [7, 11) is 0. The number of aromatic nitrogens is 4. The number of rotatable bonds is 3. The van der Waals surface area contributed by atoms with E-state index in [-0.39, 0.29) is 11.8 Å². The van der Waals surface area contributed by atoms with E-state index in [1.165, 1.54) is 0 Å². The normalized spacial score (nSPS) is 16.6. The van der Waals surface area contributed by atoms with Crippen molar-refractivity contribution in [1.29, 1.82) is 0 Å². The van der Waals surface area contributed by atoms with Gasteiger partial charge in [-0.1, -0.05) is 12.1 Å². The van der Waals surface area contributed by atoms with E-state index >= 15 is 0 Å². The fraction of sp³-hybridized carbons (Fsp3) is 0.294. The largest absolute Gasteiger partial charge is 0.326 e. The van der Waals surface area contributed by atoms with Crippen molar-refractivity contribution in [2.24, 2.45) is 5.92 Å². The predicted molar refractivity (Wildman–Crippen MR) is 92.8 cm³/mol. The van der Waals surface area contributed by atoms with Crippen LogP contribution in [0, 0.1) is 12.8 Å². The van der Waals surface area contributed by atoms with Gasteiger partial charge in [0.25, 0.3) is 0 Å². The van der Waals surface area contributed by atoms with Crippen LogP contribution in [0.15, 0.2) is 29.6 Å². The Morgan fingerprint density at radius 1 is 1.33 bits per heavy atom. The number of benzene rings is 1. The molecule has 0 radical (unpaired) electrons. The van der Waals surface area contributed by atoms with Gasteiger partial charge in [-0.3, -0.25) is 4.79 Å². The molecule has 0 saturated heterocycles. The summed E-state index contributed by atoms with van der Waals surface area (Å²) >= 11 is 1.61. The minimum absolute atomic E-state index is 0.0381. The lowest BCUT2D eigenvalue weighted by atomic mass is 9.89. The molecule has 4 rings (SSSR count). The van der Waals surface area contributed by atoms with Gasteiger partial charge in [0.05, 0.1) is 11.4 Å². The minimum atomic E-state index is -0.0617. The molecule has 0 unspecified atom stereocenters. The lowest BCUT2D eigenvalue weighted by Crippen LogP contribution is -2.28. The van der Waals surface area contributed by atoms with Crippen LogP contribution in [0.1, 0.15) is 23.5 Å². The van der Waals surface area contributed by atoms with Gasteiger partial charge in [-0.2, -0.15) is 15.4 Å². The Labute approximate surface area is 143 Å². The smallest absolute Gasteiger partial charge is 0.227 e. The minimum Gasteiger partial charge on any atom is -0.326 e. The van der Waals surface area contributed by atoms with Gasteiger partial charge in [-0.15, -0.1) is 11.3 Å². The second-order valence-electron chi connectivity index (χ2n) is 6.02. The van der Waals surface area contributed by atoms with Crippen LogP contribution in [-0.2, 0) is 17.6 Å². The average molecular weight is 339 g/mol. The topological polar surface area (TPSA) is 83.6 Å². The van der Waals surface area contributed by atoms with Gasteiger partial charge in [-0.25, -0.2) is 4.98 Å². The summed E-state index contributed by atoms with van der Waals surface area (Å²) in [5.74, 6) is -0.0236. The van der Waals surface area contributed by atoms with E-state index in [4.69, 9.17) is 0 Å². The van der Waals surface area contributed by atoms with Crippen LogP contribution in [-0.4, -0.2) is 26.3 Å². The Bertz CT molecular complexity index is 885. The molecule has 2 heterocycles. The third-order valence-corrected chi connectivity index (χ3v) is 5.25. The van der Waals surface area contributed by atoms with Crippen LogP contribution in [0.25, 0.3) is 10.6 Å². The Morgan fingerprint density at radius 2 is 2.21 bits per heavy atom. The van der Waals surface area contributed by atoms with Gasteiger partial charge in [0, 0.05) is 34.7 Å². The first-order chi connectivity index (χ1) is 11.7. The number of aromatic amines is 1. The highest BCUT2D eigenvalue weighted by atomic mass is 32.1. The van der Waals surface area contributed by atoms with Crippen LogP contribution < -0.4 is 5.32 Å². The second-order valence-corrected chi connectivity index (χ2v) is 6.88. The van der Waals surface area contributed by atoms with Crippen LogP contribution in [0.2, 0.25) is 0 Å². The van der Waals surface area contributed by atoms with Crippen molar-refractivity contribution in [3.8, 4) is 10.6 Å². The number of H-pyrrole nitrogens is 1. The number of hydrogen-bond acceptors (Lipinski definition) is 5. The summed E-state index contributed by atoms with van der Waals surface area (Å²) in [6, 6.07) is 7.83. The zero-order valence-electron chi connectivity index (χ0n) is 13.2. The van der Waals surface area contributed by atoms with E-state index in [2.05, 4.69) is 25.7 Å². The van der Waals surface area contributed by atoms with Crippen molar-refractivity contribution in [3.63, 3.8) is 0 Å². The first-order valence-corrected chi connectivity index (χ1v) is 8.79. The summed E-state index contributed by atoms with van der Waals surface area (Å²) in [6.45, 7) is 1.98. The molecule has 6 nitrogen and oxygen atoms in total. The van der Waals surface area contributed by atoms with Crippen LogP contribution in [0.3, 0.4) is 0 Å². The zero-order chi connectivity index (χ0) is 16.5. The van der Waals surface area contributed by atoms with E-state index in [9.17, 15) is 4.79 Å². The predicted octanol–water partition coefficient (Wildman–Crippen LogP) is 2.98. The standard InChI is InChI=1S/C17H17N5OS/c1-10-9-24-17(18-10)12-3-2-4-13(7-12)19-16(23)11-5-6-14-15(8-11)21-22-20-14/h2-4,7,9,11H,5-6,8H2,1H3,(H,19,23)(H,20,21,22)/t11-/m0/s1. The first kappa shape index (κ1) is 15.0. The van der Waals surface area contributed by atoms with Gasteiger partial charge in [0.2, 0.25) is 5.91 Å². The number of amides is 1. The maximum absolute atomic E-state index is 12.6. The van der Waals surface area contributed by atoms with Crippen molar-refractivity contribution in [2.45, 2.75) is 26.2 Å². The molecule has 1 atom stereocenters. The summed E-state index contributed by atoms with van der Waals surface area (Å²) in [5, 5.41) is 16.9. The van der Waals surface area contributed by atoms with Crippen LogP contribution in [0.5, 0.6) is 0 Å². The summed E-state index contributed by atoms with van der Waals surface area (Å²) in [6.07, 6.45) is 2.24. The summed E-state index contributed by atoms with van der Waals surface area (Å²) < 4.78 is 0. The van der Waals surface area contributed by atoms with E-state index < -0.39 is 0 Å². The monoisotopic (exact) mass is 339 g/mol. The maximum Gasteiger partial charge on any atom is 0.227 e. The fourth-order valence-corrected chi connectivity index (χ4v) is 3.76. The Balaban J connectivity index is 1.48. The lowest BCUT2D eigenvalue weighted by Gasteiger charge is -2.19. The number of hydrogen-bond donors (Lipinski definition) is 2. The molecule has 24 heavy (non-hydrogen) atoms. The summed E-state index contributed by atoms with van der Waals surface area (Å²) in [4.78, 5) is 17.1. The first-order valence-electron chi connectivity index (χ1n) is 7.91. The second kappa shape index (κ2) is 6.16. The molecule has 0 spiro atoms. The molecule has 122 valence electrons. The molecule has 3 aromatic rings. The SMILES string of the molecule is Cc1csc(-c2cccc(NC(=O)[C@H]3CCc4n[nH]nc4C3)c2)n1. The van der Waals surface area contributed by atoms with Gasteiger partial charge >= 0.3 is 0 Å². The van der Waals surface area contributed by atoms with Crippen molar-refractivity contribution in [2.75, 3.05) is 5.32 Å². The van der Waals surface area contributed by atoms with Gasteiger partial charge in [0.15, 0.2) is 0 Å². The highest BCUT2D eigenvalue weighted by Gasteiger charge is 2.27.